The monoisotopic (exact) mass is 415 g/mol. The Hall–Kier alpha value is -3.98. The molecule has 4 aromatic carbocycles. The summed E-state index contributed by atoms with van der Waals surface area (Å²) in [6.45, 7) is 2.18. The van der Waals surface area contributed by atoms with E-state index in [0.29, 0.717) is 0 Å². The zero-order valence-corrected chi connectivity index (χ0v) is 18.1. The van der Waals surface area contributed by atoms with Crippen molar-refractivity contribution >= 4 is 0 Å². The first kappa shape index (κ1) is 20.0. The maximum absolute atomic E-state index is 4.94. The van der Waals surface area contributed by atoms with Gasteiger partial charge in [-0.25, -0.2) is 9.67 Å². The van der Waals surface area contributed by atoms with Crippen LogP contribution in [0.15, 0.2) is 109 Å². The van der Waals surface area contributed by atoms with Gasteiger partial charge in [-0.15, -0.1) is 5.10 Å². The van der Waals surface area contributed by atoms with Gasteiger partial charge in [-0.3, -0.25) is 0 Å². The molecule has 156 valence electrons. The van der Waals surface area contributed by atoms with Gasteiger partial charge in [-0.05, 0) is 46.9 Å². The van der Waals surface area contributed by atoms with Gasteiger partial charge in [0.2, 0.25) is 0 Å². The van der Waals surface area contributed by atoms with Crippen LogP contribution >= 0.6 is 0 Å². The fourth-order valence-corrected chi connectivity index (χ4v) is 3.97. The highest BCUT2D eigenvalue weighted by Crippen LogP contribution is 2.30. The van der Waals surface area contributed by atoms with Crippen LogP contribution in [0.3, 0.4) is 0 Å². The van der Waals surface area contributed by atoms with Gasteiger partial charge < -0.3 is 0 Å². The van der Waals surface area contributed by atoms with Gasteiger partial charge in [-0.2, -0.15) is 0 Å². The van der Waals surface area contributed by atoms with Gasteiger partial charge >= 0.3 is 0 Å². The van der Waals surface area contributed by atoms with Crippen LogP contribution < -0.4 is 0 Å². The molecule has 0 atom stereocenters. The SMILES string of the molecule is CCCc1nc(-c2ccccc2)nn1-c1cc(-c2ccccc2)cc(-c2ccccc2)c1. The summed E-state index contributed by atoms with van der Waals surface area (Å²) in [6, 6.07) is 37.9. The molecule has 0 N–H and O–H groups in total. The summed E-state index contributed by atoms with van der Waals surface area (Å²) < 4.78 is 2.02. The van der Waals surface area contributed by atoms with Crippen LogP contribution in [0.5, 0.6) is 0 Å². The molecule has 0 unspecified atom stereocenters. The lowest BCUT2D eigenvalue weighted by molar-refractivity contribution is 0.759. The first-order chi connectivity index (χ1) is 15.8. The molecule has 5 aromatic rings. The largest absolute Gasteiger partial charge is 0.217 e. The lowest BCUT2D eigenvalue weighted by Crippen LogP contribution is -2.03. The van der Waals surface area contributed by atoms with Crippen LogP contribution in [0.25, 0.3) is 39.3 Å². The minimum Gasteiger partial charge on any atom is -0.217 e. The standard InChI is InChI=1S/C29H25N3/c1-2-12-28-30-29(24-17-10-5-11-18-24)31-32(28)27-20-25(22-13-6-3-7-14-22)19-26(21-27)23-15-8-4-9-16-23/h3-11,13-21H,2,12H2,1H3. The van der Waals surface area contributed by atoms with E-state index in [9.17, 15) is 0 Å². The van der Waals surface area contributed by atoms with Crippen LogP contribution in [0.1, 0.15) is 19.2 Å². The lowest BCUT2D eigenvalue weighted by atomic mass is 9.98. The van der Waals surface area contributed by atoms with Gasteiger partial charge in [0, 0.05) is 12.0 Å². The quantitative estimate of drug-likeness (QED) is 0.293. The molecule has 0 aliphatic heterocycles. The molecule has 0 radical (unpaired) electrons. The smallest absolute Gasteiger partial charge is 0.181 e. The van der Waals surface area contributed by atoms with Crippen molar-refractivity contribution < 1.29 is 0 Å². The molecule has 3 heteroatoms. The summed E-state index contributed by atoms with van der Waals surface area (Å²) in [5.41, 5.74) is 6.77. The first-order valence-corrected chi connectivity index (χ1v) is 11.1. The molecule has 3 nitrogen and oxygen atoms in total. The topological polar surface area (TPSA) is 30.7 Å². The van der Waals surface area contributed by atoms with E-state index < -0.39 is 0 Å². The Morgan fingerprint density at radius 1 is 0.594 bits per heavy atom. The van der Waals surface area contributed by atoms with Crippen LogP contribution in [-0.2, 0) is 6.42 Å². The predicted molar refractivity (Wildman–Crippen MR) is 132 cm³/mol. The fourth-order valence-electron chi connectivity index (χ4n) is 3.97. The summed E-state index contributed by atoms with van der Waals surface area (Å²) in [5.74, 6) is 1.75. The van der Waals surface area contributed by atoms with Crippen molar-refractivity contribution in [3.63, 3.8) is 0 Å². The molecule has 5 rings (SSSR count). The molecule has 0 aliphatic carbocycles. The molecular weight excluding hydrogens is 390 g/mol. The number of benzene rings is 4. The summed E-state index contributed by atoms with van der Waals surface area (Å²) in [5, 5.41) is 4.94. The highest BCUT2D eigenvalue weighted by Gasteiger charge is 2.15. The highest BCUT2D eigenvalue weighted by molar-refractivity contribution is 5.76. The third-order valence-corrected chi connectivity index (χ3v) is 5.56. The number of rotatable bonds is 6. The molecule has 0 amide bonds. The van der Waals surface area contributed by atoms with Gasteiger partial charge in [0.05, 0.1) is 5.69 Å². The number of aryl methyl sites for hydroxylation is 1. The van der Waals surface area contributed by atoms with Crippen LogP contribution in [-0.4, -0.2) is 14.8 Å². The predicted octanol–water partition coefficient (Wildman–Crippen LogP) is 7.22. The molecular formula is C29H25N3. The summed E-state index contributed by atoms with van der Waals surface area (Å²) in [6.07, 6.45) is 1.88. The second kappa shape index (κ2) is 9.03. The Morgan fingerprint density at radius 3 is 1.59 bits per heavy atom. The van der Waals surface area contributed by atoms with E-state index in [1.165, 1.54) is 22.3 Å². The van der Waals surface area contributed by atoms with Crippen molar-refractivity contribution in [2.75, 3.05) is 0 Å². The lowest BCUT2D eigenvalue weighted by Gasteiger charge is -2.12. The first-order valence-electron chi connectivity index (χ1n) is 11.1. The molecule has 0 aliphatic rings. The maximum Gasteiger partial charge on any atom is 0.181 e. The minimum absolute atomic E-state index is 0.764. The average Bonchev–Trinajstić information content (AvgIpc) is 3.30. The van der Waals surface area contributed by atoms with E-state index in [4.69, 9.17) is 10.1 Å². The highest BCUT2D eigenvalue weighted by atomic mass is 15.3. The van der Waals surface area contributed by atoms with Crippen molar-refractivity contribution in [1.29, 1.82) is 0 Å². The summed E-state index contributed by atoms with van der Waals surface area (Å²) in [7, 11) is 0. The fraction of sp³-hybridized carbons (Fsp3) is 0.103. The molecule has 0 fully saturated rings. The molecule has 32 heavy (non-hydrogen) atoms. The third kappa shape index (κ3) is 4.10. The molecule has 0 spiro atoms. The van der Waals surface area contributed by atoms with Crippen LogP contribution in [0.2, 0.25) is 0 Å². The van der Waals surface area contributed by atoms with Crippen molar-refractivity contribution in [3.05, 3.63) is 115 Å². The van der Waals surface area contributed by atoms with Crippen LogP contribution in [0, 0.1) is 0 Å². The summed E-state index contributed by atoms with van der Waals surface area (Å²) >= 11 is 0. The van der Waals surface area contributed by atoms with E-state index >= 15 is 0 Å². The normalized spacial score (nSPS) is 10.9. The Morgan fingerprint density at radius 2 is 1.09 bits per heavy atom. The number of hydrogen-bond acceptors (Lipinski definition) is 2. The molecule has 0 saturated heterocycles. The number of hydrogen-bond donors (Lipinski definition) is 0. The van der Waals surface area contributed by atoms with Crippen molar-refractivity contribution in [1.82, 2.24) is 14.8 Å². The number of aromatic nitrogens is 3. The Kier molecular flexibility index (Phi) is 5.63. The second-order valence-electron chi connectivity index (χ2n) is 7.88. The molecule has 0 saturated carbocycles. The molecule has 0 bridgehead atoms. The second-order valence-corrected chi connectivity index (χ2v) is 7.88. The third-order valence-electron chi connectivity index (χ3n) is 5.56. The van der Waals surface area contributed by atoms with E-state index in [1.54, 1.807) is 0 Å². The zero-order chi connectivity index (χ0) is 21.8. The maximum atomic E-state index is 4.94. The summed E-state index contributed by atoms with van der Waals surface area (Å²) in [4.78, 5) is 4.90. The van der Waals surface area contributed by atoms with E-state index in [0.717, 1.165) is 35.7 Å². The van der Waals surface area contributed by atoms with Gasteiger partial charge in [0.1, 0.15) is 5.82 Å². The Labute approximate surface area is 189 Å². The number of nitrogens with zero attached hydrogens (tertiary/aromatic N) is 3. The van der Waals surface area contributed by atoms with Crippen molar-refractivity contribution in [3.8, 4) is 39.3 Å². The van der Waals surface area contributed by atoms with Gasteiger partial charge in [0.15, 0.2) is 5.82 Å². The van der Waals surface area contributed by atoms with Crippen molar-refractivity contribution in [2.24, 2.45) is 0 Å². The van der Waals surface area contributed by atoms with E-state index in [2.05, 4.69) is 85.8 Å². The Balaban J connectivity index is 1.70. The van der Waals surface area contributed by atoms with Crippen molar-refractivity contribution in [2.45, 2.75) is 19.8 Å². The van der Waals surface area contributed by atoms with Gasteiger partial charge in [-0.1, -0.05) is 97.9 Å². The minimum atomic E-state index is 0.764. The van der Waals surface area contributed by atoms with E-state index in [-0.39, 0.29) is 0 Å². The Bertz CT molecular complexity index is 1250. The van der Waals surface area contributed by atoms with E-state index in [1.807, 2.05) is 35.0 Å². The zero-order valence-electron chi connectivity index (χ0n) is 18.1. The molecule has 1 aromatic heterocycles. The average molecular weight is 416 g/mol. The van der Waals surface area contributed by atoms with Gasteiger partial charge in [0.25, 0.3) is 0 Å². The molecule has 1 heterocycles. The van der Waals surface area contributed by atoms with Crippen LogP contribution in [0.4, 0.5) is 0 Å².